The fraction of sp³-hybridized carbons (Fsp3) is 0.625. The van der Waals surface area contributed by atoms with Crippen molar-refractivity contribution in [2.24, 2.45) is 5.92 Å². The number of amides is 1. The number of likely N-dealkylation sites (tertiary alicyclic amines) is 1. The second-order valence-electron chi connectivity index (χ2n) is 6.55. The van der Waals surface area contributed by atoms with Crippen LogP contribution in [0.25, 0.3) is 0 Å². The Kier molecular flexibility index (Phi) is 3.25. The SMILES string of the molecule is CCc1nnc([C@]23CCC[C@H]2CN(C(=O)c2ocnc2C)C3)o1. The van der Waals surface area contributed by atoms with Crippen LogP contribution >= 0.6 is 0 Å². The molecule has 1 amide bonds. The van der Waals surface area contributed by atoms with Crippen molar-refractivity contribution in [1.29, 1.82) is 0 Å². The van der Waals surface area contributed by atoms with Gasteiger partial charge >= 0.3 is 0 Å². The van der Waals surface area contributed by atoms with Crippen LogP contribution in [0, 0.1) is 12.8 Å². The highest BCUT2D eigenvalue weighted by molar-refractivity contribution is 5.92. The number of hydrogen-bond acceptors (Lipinski definition) is 6. The van der Waals surface area contributed by atoms with E-state index >= 15 is 0 Å². The largest absolute Gasteiger partial charge is 0.438 e. The summed E-state index contributed by atoms with van der Waals surface area (Å²) in [4.78, 5) is 18.6. The summed E-state index contributed by atoms with van der Waals surface area (Å²) in [6, 6.07) is 0. The van der Waals surface area contributed by atoms with Gasteiger partial charge in [0.15, 0.2) is 6.39 Å². The molecule has 7 nitrogen and oxygen atoms in total. The van der Waals surface area contributed by atoms with Crippen molar-refractivity contribution >= 4 is 5.91 Å². The van der Waals surface area contributed by atoms with Gasteiger partial charge in [0, 0.05) is 19.5 Å². The van der Waals surface area contributed by atoms with Crippen molar-refractivity contribution in [2.45, 2.75) is 44.9 Å². The molecule has 1 saturated carbocycles. The Morgan fingerprint density at radius 2 is 2.35 bits per heavy atom. The van der Waals surface area contributed by atoms with Crippen LogP contribution < -0.4 is 0 Å². The maximum absolute atomic E-state index is 12.7. The quantitative estimate of drug-likeness (QED) is 0.862. The second kappa shape index (κ2) is 5.18. The molecule has 2 aromatic rings. The van der Waals surface area contributed by atoms with Gasteiger partial charge in [0.05, 0.1) is 11.1 Å². The van der Waals surface area contributed by atoms with E-state index in [0.29, 0.717) is 42.2 Å². The smallest absolute Gasteiger partial charge is 0.291 e. The Morgan fingerprint density at radius 1 is 1.48 bits per heavy atom. The third-order valence-electron chi connectivity index (χ3n) is 5.29. The Hall–Kier alpha value is -2.18. The first-order valence-corrected chi connectivity index (χ1v) is 8.16. The molecule has 2 aliphatic rings. The van der Waals surface area contributed by atoms with Gasteiger partial charge in [0.2, 0.25) is 17.5 Å². The van der Waals surface area contributed by atoms with E-state index < -0.39 is 0 Å². The average Bonchev–Trinajstić information content (AvgIpc) is 3.28. The molecule has 1 saturated heterocycles. The van der Waals surface area contributed by atoms with Gasteiger partial charge < -0.3 is 13.7 Å². The van der Waals surface area contributed by atoms with E-state index in [2.05, 4.69) is 15.2 Å². The zero-order valence-electron chi connectivity index (χ0n) is 13.4. The summed E-state index contributed by atoms with van der Waals surface area (Å²) in [6.45, 7) is 5.11. The van der Waals surface area contributed by atoms with Gasteiger partial charge in [-0.25, -0.2) is 4.98 Å². The minimum Gasteiger partial charge on any atom is -0.438 e. The fourth-order valence-electron chi connectivity index (χ4n) is 4.04. The molecule has 23 heavy (non-hydrogen) atoms. The van der Waals surface area contributed by atoms with E-state index in [1.54, 1.807) is 6.92 Å². The lowest BCUT2D eigenvalue weighted by Crippen LogP contribution is -2.35. The second-order valence-corrected chi connectivity index (χ2v) is 6.55. The van der Waals surface area contributed by atoms with Crippen molar-refractivity contribution in [3.63, 3.8) is 0 Å². The summed E-state index contributed by atoms with van der Waals surface area (Å²) in [6.07, 6.45) is 5.26. The fourth-order valence-corrected chi connectivity index (χ4v) is 4.04. The van der Waals surface area contributed by atoms with E-state index in [1.807, 2.05) is 11.8 Å². The van der Waals surface area contributed by atoms with E-state index in [-0.39, 0.29) is 11.3 Å². The van der Waals surface area contributed by atoms with Gasteiger partial charge in [-0.15, -0.1) is 10.2 Å². The number of hydrogen-bond donors (Lipinski definition) is 0. The van der Waals surface area contributed by atoms with Gasteiger partial charge in [-0.05, 0) is 25.7 Å². The van der Waals surface area contributed by atoms with Crippen molar-refractivity contribution < 1.29 is 13.6 Å². The normalized spacial score (nSPS) is 26.7. The summed E-state index contributed by atoms with van der Waals surface area (Å²) >= 11 is 0. The molecule has 0 N–H and O–H groups in total. The molecule has 0 bridgehead atoms. The zero-order valence-corrected chi connectivity index (χ0v) is 13.4. The van der Waals surface area contributed by atoms with E-state index in [0.717, 1.165) is 25.7 Å². The molecule has 122 valence electrons. The lowest BCUT2D eigenvalue weighted by molar-refractivity contribution is 0.0743. The van der Waals surface area contributed by atoms with Gasteiger partial charge in [-0.1, -0.05) is 13.3 Å². The van der Waals surface area contributed by atoms with Crippen molar-refractivity contribution in [3.8, 4) is 0 Å². The molecule has 0 aromatic carbocycles. The number of carbonyl (C=O) groups is 1. The number of nitrogens with zero attached hydrogens (tertiary/aromatic N) is 4. The Morgan fingerprint density at radius 3 is 3.04 bits per heavy atom. The summed E-state index contributed by atoms with van der Waals surface area (Å²) < 4.78 is 11.1. The van der Waals surface area contributed by atoms with Crippen LogP contribution in [0.3, 0.4) is 0 Å². The number of fused-ring (bicyclic) bond motifs is 1. The molecule has 1 aliphatic carbocycles. The molecule has 0 spiro atoms. The Labute approximate surface area is 134 Å². The molecule has 0 unspecified atom stereocenters. The van der Waals surface area contributed by atoms with Crippen LogP contribution in [-0.2, 0) is 11.8 Å². The van der Waals surface area contributed by atoms with Crippen LogP contribution in [0.4, 0.5) is 0 Å². The number of oxazole rings is 1. The molecule has 1 aliphatic heterocycles. The molecule has 4 rings (SSSR count). The maximum atomic E-state index is 12.7. The predicted molar refractivity (Wildman–Crippen MR) is 79.8 cm³/mol. The number of aryl methyl sites for hydroxylation is 2. The lowest BCUT2D eigenvalue weighted by atomic mass is 9.80. The van der Waals surface area contributed by atoms with Crippen LogP contribution in [0.15, 0.2) is 15.2 Å². The standard InChI is InChI=1S/C16H20N4O3/c1-3-12-18-19-15(23-12)16-6-4-5-11(16)7-20(8-16)14(21)13-10(2)17-9-22-13/h9,11H,3-8H2,1-2H3/t11-,16-/m0/s1. The van der Waals surface area contributed by atoms with Crippen molar-refractivity contribution in [3.05, 3.63) is 29.6 Å². The molecule has 0 radical (unpaired) electrons. The predicted octanol–water partition coefficient (Wildman–Crippen LogP) is 2.12. The monoisotopic (exact) mass is 316 g/mol. The first-order valence-electron chi connectivity index (χ1n) is 8.16. The van der Waals surface area contributed by atoms with Crippen LogP contribution in [0.1, 0.15) is 54.2 Å². The Balaban J connectivity index is 1.63. The zero-order chi connectivity index (χ0) is 16.0. The van der Waals surface area contributed by atoms with Gasteiger partial charge in [-0.3, -0.25) is 4.79 Å². The van der Waals surface area contributed by atoms with Gasteiger partial charge in [0.1, 0.15) is 0 Å². The van der Waals surface area contributed by atoms with Crippen molar-refractivity contribution in [2.75, 3.05) is 13.1 Å². The number of aromatic nitrogens is 3. The third kappa shape index (κ3) is 2.09. The lowest BCUT2D eigenvalue weighted by Gasteiger charge is -2.24. The van der Waals surface area contributed by atoms with Crippen LogP contribution in [-0.4, -0.2) is 39.1 Å². The minimum absolute atomic E-state index is 0.0935. The summed E-state index contributed by atoms with van der Waals surface area (Å²) in [7, 11) is 0. The summed E-state index contributed by atoms with van der Waals surface area (Å²) in [5.41, 5.74) is 0.441. The van der Waals surface area contributed by atoms with E-state index in [9.17, 15) is 4.79 Å². The topological polar surface area (TPSA) is 85.3 Å². The van der Waals surface area contributed by atoms with Gasteiger partial charge in [0.25, 0.3) is 5.91 Å². The highest BCUT2D eigenvalue weighted by Crippen LogP contribution is 2.50. The van der Waals surface area contributed by atoms with E-state index in [4.69, 9.17) is 8.83 Å². The highest BCUT2D eigenvalue weighted by atomic mass is 16.4. The molecule has 2 fully saturated rings. The summed E-state index contributed by atoms with van der Waals surface area (Å²) in [5, 5.41) is 8.41. The number of rotatable bonds is 3. The molecule has 2 atom stereocenters. The van der Waals surface area contributed by atoms with E-state index in [1.165, 1.54) is 6.39 Å². The molecule has 3 heterocycles. The molecule has 7 heteroatoms. The van der Waals surface area contributed by atoms with Crippen molar-refractivity contribution in [1.82, 2.24) is 20.1 Å². The highest BCUT2D eigenvalue weighted by Gasteiger charge is 2.55. The molecular formula is C16H20N4O3. The minimum atomic E-state index is -0.190. The first kappa shape index (κ1) is 14.4. The van der Waals surface area contributed by atoms with Crippen LogP contribution in [0.2, 0.25) is 0 Å². The first-order chi connectivity index (χ1) is 11.1. The third-order valence-corrected chi connectivity index (χ3v) is 5.29. The molecule has 2 aromatic heterocycles. The maximum Gasteiger partial charge on any atom is 0.291 e. The number of carbonyl (C=O) groups excluding carboxylic acids is 1. The van der Waals surface area contributed by atoms with Crippen LogP contribution in [0.5, 0.6) is 0 Å². The summed E-state index contributed by atoms with van der Waals surface area (Å²) in [5.74, 6) is 1.97. The average molecular weight is 316 g/mol. The van der Waals surface area contributed by atoms with Gasteiger partial charge in [-0.2, -0.15) is 0 Å². The molecular weight excluding hydrogens is 296 g/mol. The Bertz CT molecular complexity index is 737.